The molecule has 0 aromatic carbocycles. The van der Waals surface area contributed by atoms with E-state index in [9.17, 15) is 4.21 Å². The smallest absolute Gasteiger partial charge is 0.0971 e. The SMILES string of the molecule is CC.CC[N+](CC)(CC)CCN(C)S(=O)C(C)CC(C)(C)C. The Balaban J connectivity index is 0. The van der Waals surface area contributed by atoms with Crippen molar-refractivity contribution in [3.8, 4) is 0 Å². The fraction of sp³-hybridized carbons (Fsp3) is 1.00. The normalized spacial score (nSPS) is 15.2. The van der Waals surface area contributed by atoms with Crippen molar-refractivity contribution < 1.29 is 8.69 Å². The summed E-state index contributed by atoms with van der Waals surface area (Å²) in [5, 5.41) is 0.228. The van der Waals surface area contributed by atoms with Crippen LogP contribution in [0.2, 0.25) is 0 Å². The van der Waals surface area contributed by atoms with Gasteiger partial charge in [0, 0.05) is 12.3 Å². The van der Waals surface area contributed by atoms with E-state index < -0.39 is 11.0 Å². The summed E-state index contributed by atoms with van der Waals surface area (Å²) >= 11 is 0. The van der Waals surface area contributed by atoms with Crippen molar-refractivity contribution in [2.45, 2.75) is 74.0 Å². The van der Waals surface area contributed by atoms with E-state index >= 15 is 0 Å². The Bertz CT molecular complexity index is 288. The molecular formula is C18H43N2OS+. The molecule has 0 aliphatic carbocycles. The van der Waals surface area contributed by atoms with Crippen molar-refractivity contribution >= 4 is 11.0 Å². The Morgan fingerprint density at radius 3 is 1.77 bits per heavy atom. The molecular weight excluding hydrogens is 292 g/mol. The van der Waals surface area contributed by atoms with Gasteiger partial charge in [-0.1, -0.05) is 34.6 Å². The van der Waals surface area contributed by atoms with Crippen molar-refractivity contribution in [2.75, 3.05) is 39.8 Å². The fourth-order valence-electron chi connectivity index (χ4n) is 2.83. The molecule has 0 heterocycles. The topological polar surface area (TPSA) is 20.3 Å². The van der Waals surface area contributed by atoms with Gasteiger partial charge in [-0.15, -0.1) is 0 Å². The van der Waals surface area contributed by atoms with Crippen LogP contribution >= 0.6 is 0 Å². The molecule has 0 aliphatic rings. The first-order valence-electron chi connectivity index (χ1n) is 9.07. The van der Waals surface area contributed by atoms with E-state index in [2.05, 4.69) is 48.5 Å². The molecule has 136 valence electrons. The minimum Gasteiger partial charge on any atom is -0.323 e. The van der Waals surface area contributed by atoms with Crippen LogP contribution in [0.5, 0.6) is 0 Å². The third-order valence-corrected chi connectivity index (χ3v) is 6.10. The molecule has 0 aromatic heterocycles. The summed E-state index contributed by atoms with van der Waals surface area (Å²) in [4.78, 5) is 0. The van der Waals surface area contributed by atoms with Crippen LogP contribution in [0.3, 0.4) is 0 Å². The molecule has 0 aliphatic heterocycles. The zero-order valence-electron chi connectivity index (χ0n) is 17.0. The molecule has 0 aromatic rings. The highest BCUT2D eigenvalue weighted by Crippen LogP contribution is 2.23. The van der Waals surface area contributed by atoms with Gasteiger partial charge in [-0.05, 0) is 39.5 Å². The zero-order valence-corrected chi connectivity index (χ0v) is 17.8. The third kappa shape index (κ3) is 9.26. The average molecular weight is 336 g/mol. The van der Waals surface area contributed by atoms with Crippen molar-refractivity contribution in [3.63, 3.8) is 0 Å². The number of likely N-dealkylation sites (N-methyl/N-ethyl adjacent to an activating group) is 2. The van der Waals surface area contributed by atoms with Crippen molar-refractivity contribution in [3.05, 3.63) is 0 Å². The van der Waals surface area contributed by atoms with Crippen molar-refractivity contribution in [1.82, 2.24) is 4.31 Å². The van der Waals surface area contributed by atoms with Crippen LogP contribution in [-0.2, 0) is 11.0 Å². The molecule has 22 heavy (non-hydrogen) atoms. The molecule has 2 unspecified atom stereocenters. The van der Waals surface area contributed by atoms with E-state index in [1.54, 1.807) is 0 Å². The summed E-state index contributed by atoms with van der Waals surface area (Å²) < 4.78 is 15.7. The molecule has 0 spiro atoms. The lowest BCUT2D eigenvalue weighted by molar-refractivity contribution is -0.922. The van der Waals surface area contributed by atoms with Gasteiger partial charge in [0.05, 0.1) is 43.7 Å². The van der Waals surface area contributed by atoms with Crippen LogP contribution in [0.4, 0.5) is 0 Å². The van der Waals surface area contributed by atoms with E-state index in [1.807, 2.05) is 25.2 Å². The molecule has 0 radical (unpaired) electrons. The molecule has 2 atom stereocenters. The Kier molecular flexibility index (Phi) is 12.8. The summed E-state index contributed by atoms with van der Waals surface area (Å²) in [7, 11) is 1.13. The molecule has 0 N–H and O–H groups in total. The van der Waals surface area contributed by atoms with Gasteiger partial charge < -0.3 is 4.48 Å². The highest BCUT2D eigenvalue weighted by atomic mass is 32.2. The maximum Gasteiger partial charge on any atom is 0.0971 e. The van der Waals surface area contributed by atoms with Gasteiger partial charge in [0.25, 0.3) is 0 Å². The van der Waals surface area contributed by atoms with E-state index in [4.69, 9.17) is 0 Å². The zero-order chi connectivity index (χ0) is 18.0. The average Bonchev–Trinajstić information content (AvgIpc) is 2.48. The van der Waals surface area contributed by atoms with Crippen LogP contribution in [0.15, 0.2) is 0 Å². The fourth-order valence-corrected chi connectivity index (χ4v) is 4.35. The molecule has 0 saturated heterocycles. The summed E-state index contributed by atoms with van der Waals surface area (Å²) in [6.45, 7) is 25.0. The van der Waals surface area contributed by atoms with Gasteiger partial charge >= 0.3 is 0 Å². The van der Waals surface area contributed by atoms with Gasteiger partial charge in [0.1, 0.15) is 0 Å². The maximum atomic E-state index is 12.5. The summed E-state index contributed by atoms with van der Waals surface area (Å²) in [6, 6.07) is 0. The van der Waals surface area contributed by atoms with Gasteiger partial charge in [0.2, 0.25) is 0 Å². The van der Waals surface area contributed by atoms with Crippen LogP contribution in [0.25, 0.3) is 0 Å². The second-order valence-corrected chi connectivity index (χ2v) is 9.20. The molecule has 3 nitrogen and oxygen atoms in total. The molecule has 0 fully saturated rings. The Morgan fingerprint density at radius 1 is 1.05 bits per heavy atom. The lowest BCUT2D eigenvalue weighted by Gasteiger charge is -2.37. The lowest BCUT2D eigenvalue weighted by atomic mass is 9.91. The highest BCUT2D eigenvalue weighted by Gasteiger charge is 2.25. The second-order valence-electron chi connectivity index (χ2n) is 7.22. The minimum atomic E-state index is -0.873. The number of hydrogen-bond donors (Lipinski definition) is 0. The van der Waals surface area contributed by atoms with E-state index in [0.717, 1.165) is 43.6 Å². The van der Waals surface area contributed by atoms with E-state index in [0.29, 0.717) is 0 Å². The molecule has 0 bridgehead atoms. The molecule has 0 saturated carbocycles. The van der Waals surface area contributed by atoms with Crippen LogP contribution in [0.1, 0.15) is 68.7 Å². The first-order chi connectivity index (χ1) is 10.1. The number of nitrogens with zero attached hydrogens (tertiary/aromatic N) is 2. The van der Waals surface area contributed by atoms with Crippen molar-refractivity contribution in [2.24, 2.45) is 5.41 Å². The van der Waals surface area contributed by atoms with Crippen LogP contribution in [0, 0.1) is 5.41 Å². The molecule has 0 amide bonds. The predicted molar refractivity (Wildman–Crippen MR) is 102 cm³/mol. The quantitative estimate of drug-likeness (QED) is 0.575. The number of rotatable bonds is 9. The Morgan fingerprint density at radius 2 is 1.45 bits per heavy atom. The van der Waals surface area contributed by atoms with Gasteiger partial charge in [-0.25, -0.2) is 8.51 Å². The van der Waals surface area contributed by atoms with Crippen LogP contribution in [-0.4, -0.2) is 58.0 Å². The number of quaternary nitrogens is 1. The molecule has 4 heteroatoms. The largest absolute Gasteiger partial charge is 0.323 e. The van der Waals surface area contributed by atoms with Gasteiger partial charge in [-0.2, -0.15) is 0 Å². The third-order valence-electron chi connectivity index (χ3n) is 4.45. The number of hydrogen-bond acceptors (Lipinski definition) is 1. The van der Waals surface area contributed by atoms with E-state index in [-0.39, 0.29) is 10.7 Å². The van der Waals surface area contributed by atoms with E-state index in [1.165, 1.54) is 0 Å². The monoisotopic (exact) mass is 335 g/mol. The van der Waals surface area contributed by atoms with Crippen molar-refractivity contribution in [1.29, 1.82) is 0 Å². The molecule has 0 rings (SSSR count). The van der Waals surface area contributed by atoms with Crippen LogP contribution < -0.4 is 0 Å². The first kappa shape index (κ1) is 24.3. The standard InChI is InChI=1S/C16H37N2OS.C2H6/c1-9-18(10-2,11-3)13-12-17(8)20(19)15(4)14-16(5,6)7;1-2/h15H,9-14H2,1-8H3;1-2H3/q+1;. The minimum absolute atomic E-state index is 0.228. The summed E-state index contributed by atoms with van der Waals surface area (Å²) in [6.07, 6.45) is 0.999. The summed E-state index contributed by atoms with van der Waals surface area (Å²) in [5.74, 6) is 0. The Labute approximate surface area is 143 Å². The Hall–Kier alpha value is 0.0700. The maximum absolute atomic E-state index is 12.5. The lowest BCUT2D eigenvalue weighted by Crippen LogP contribution is -2.51. The highest BCUT2D eigenvalue weighted by molar-refractivity contribution is 7.83. The second kappa shape index (κ2) is 11.6. The summed E-state index contributed by atoms with van der Waals surface area (Å²) in [5.41, 5.74) is 0.242. The van der Waals surface area contributed by atoms with Gasteiger partial charge in [0.15, 0.2) is 0 Å². The predicted octanol–water partition coefficient (Wildman–Crippen LogP) is 4.31. The first-order valence-corrected chi connectivity index (χ1v) is 10.2. The van der Waals surface area contributed by atoms with Gasteiger partial charge in [-0.3, -0.25) is 0 Å².